The van der Waals surface area contributed by atoms with Crippen LogP contribution in [0.25, 0.3) is 0 Å². The first-order chi connectivity index (χ1) is 61.1. The fraction of sp³-hybridized carbons (Fsp3) is 0.143. The minimum absolute atomic E-state index is 0.0401. The second kappa shape index (κ2) is 39.8. The maximum atomic E-state index is 13.4. The molecule has 0 spiro atoms. The summed E-state index contributed by atoms with van der Waals surface area (Å²) >= 11 is 12.3. The van der Waals surface area contributed by atoms with E-state index in [9.17, 15) is 66.3 Å². The van der Waals surface area contributed by atoms with E-state index in [1.807, 2.05) is 125 Å². The van der Waals surface area contributed by atoms with Gasteiger partial charge in [0.05, 0.1) is 0 Å². The molecule has 0 N–H and O–H groups in total. The van der Waals surface area contributed by atoms with Crippen molar-refractivity contribution in [2.45, 2.75) is 105 Å². The Balaban J connectivity index is 0.000000131. The van der Waals surface area contributed by atoms with Crippen LogP contribution in [-0.2, 0) is 49.9 Å². The molecular weight excluding hydrogens is 1650 g/mol. The molecule has 0 aromatic heterocycles. The Morgan fingerprint density at radius 2 is 0.508 bits per heavy atom. The number of fused-ring (bicyclic) bond motifs is 6. The van der Waals surface area contributed by atoms with Gasteiger partial charge in [0.25, 0.3) is 5.92 Å². The van der Waals surface area contributed by atoms with Gasteiger partial charge in [0.2, 0.25) is 0 Å². The molecule has 0 unspecified atom stereocenters. The molecule has 12 aromatic carbocycles. The van der Waals surface area contributed by atoms with Crippen molar-refractivity contribution in [1.29, 1.82) is 0 Å². The topological polar surface area (TPSA) is 205 Å². The molecule has 0 radical (unpaired) electrons. The van der Waals surface area contributed by atoms with Gasteiger partial charge in [-0.15, -0.1) is 0 Å². The molecular formula is C112H88Cl2F2O12. The third-order valence-corrected chi connectivity index (χ3v) is 23.2. The molecule has 12 aromatic rings. The van der Waals surface area contributed by atoms with Gasteiger partial charge in [-0.05, 0) is 138 Å². The van der Waals surface area contributed by atoms with Gasteiger partial charge in [-0.2, -0.15) is 0 Å². The van der Waals surface area contributed by atoms with Crippen LogP contribution in [0, 0.1) is 27.7 Å². The van der Waals surface area contributed by atoms with Crippen LogP contribution in [0.15, 0.2) is 349 Å². The Bertz CT molecular complexity index is 6770. The molecule has 6 aliphatic carbocycles. The molecule has 0 heterocycles. The largest absolute Gasteiger partial charge is 0.289 e. The van der Waals surface area contributed by atoms with Crippen molar-refractivity contribution in [2.24, 2.45) is 0 Å². The normalized spacial score (nSPS) is 14.1. The predicted octanol–water partition coefficient (Wildman–Crippen LogP) is 24.4. The number of allylic oxidation sites excluding steroid dienone is 12. The first kappa shape index (κ1) is 91.3. The Kier molecular flexibility index (Phi) is 28.4. The fourth-order valence-corrected chi connectivity index (χ4v) is 16.0. The number of carbonyl (C=O) groups is 12. The number of rotatable bonds is 13. The van der Waals surface area contributed by atoms with E-state index in [4.69, 9.17) is 23.2 Å². The van der Waals surface area contributed by atoms with Crippen molar-refractivity contribution in [3.8, 4) is 0 Å². The minimum atomic E-state index is -2.94. The lowest BCUT2D eigenvalue weighted by atomic mass is 9.84. The first-order valence-corrected chi connectivity index (χ1v) is 42.4. The molecule has 0 aliphatic heterocycles. The van der Waals surface area contributed by atoms with Gasteiger partial charge in [0, 0.05) is 161 Å². The van der Waals surface area contributed by atoms with Crippen molar-refractivity contribution in [3.63, 3.8) is 0 Å². The van der Waals surface area contributed by atoms with Crippen LogP contribution < -0.4 is 0 Å². The zero-order valence-corrected chi connectivity index (χ0v) is 73.2. The molecule has 18 rings (SSSR count). The van der Waals surface area contributed by atoms with Gasteiger partial charge < -0.3 is 0 Å². The number of carbonyl (C=O) groups excluding carboxylic acids is 12. The monoisotopic (exact) mass is 1730 g/mol. The molecule has 12 nitrogen and oxygen atoms in total. The van der Waals surface area contributed by atoms with Crippen LogP contribution in [0.3, 0.4) is 0 Å². The highest BCUT2D eigenvalue weighted by Crippen LogP contribution is 2.35. The maximum Gasteiger partial charge on any atom is 0.270 e. The molecule has 0 saturated heterocycles. The summed E-state index contributed by atoms with van der Waals surface area (Å²) in [6.07, 6.45) is 11.1. The number of benzene rings is 12. The van der Waals surface area contributed by atoms with E-state index in [-0.39, 0.29) is 86.8 Å². The highest BCUT2D eigenvalue weighted by atomic mass is 35.5. The number of alkyl halides is 2. The smallest absolute Gasteiger partial charge is 0.270 e. The summed E-state index contributed by atoms with van der Waals surface area (Å²) in [5.41, 5.74) is 19.9. The summed E-state index contributed by atoms with van der Waals surface area (Å²) in [5.74, 6) is -4.18. The summed E-state index contributed by atoms with van der Waals surface area (Å²) < 4.78 is 26.8. The lowest BCUT2D eigenvalue weighted by Gasteiger charge is -2.19. The highest BCUT2D eigenvalue weighted by molar-refractivity contribution is 6.33. The van der Waals surface area contributed by atoms with E-state index in [2.05, 4.69) is 32.9 Å². The second-order valence-electron chi connectivity index (χ2n) is 33.2. The van der Waals surface area contributed by atoms with E-state index in [1.165, 1.54) is 65.8 Å². The van der Waals surface area contributed by atoms with E-state index < -0.39 is 5.92 Å². The first-order valence-electron chi connectivity index (χ1n) is 41.6. The average Bonchev–Trinajstić information content (AvgIpc) is 0.801. The second-order valence-corrected chi connectivity index (χ2v) is 34.0. The number of aryl methyl sites for hydroxylation is 4. The van der Waals surface area contributed by atoms with Gasteiger partial charge in [0.1, 0.15) is 0 Å². The standard InChI is InChI=1S/C21H20O2.C19H14F2O2.2C18H13ClO2.2C18H14O2/c1-21(2,3)16-10-8-14(9-11-16)12-15-13-19(22)17-6-4-5-7-18(17)20(15)23;1-19(20,21)14-6-4-5-12(10-14)9-13-11-17(22)15-7-2-3-8-16(15)18(13)23;1-11-6-7-12(9-16(11)19)8-13-10-17(20)14-4-2-3-5-15(14)18(13)21;1-11-6-7-12(16(19)8-11)9-13-10-17(20)14-4-2-3-5-15(14)18(13)21;1-12-5-4-6-13(9-12)10-14-11-17(19)15-7-2-3-8-16(15)18(14)20;1-12-6-8-13(9-7-12)10-14-11-17(19)15-4-2-3-5-16(15)18(14)20/h4-11,13H,12H2,1-3H3;2-8,10-11H,9H2,1H3;2-7,9-10H,8H2,1H3;2-8,10H,9H2,1H3;2*2-9,11H,10H2,1H3. The molecule has 0 bridgehead atoms. The number of Topliss-reactive ketones (excluding diaryl/α,β-unsaturated/α-hetero) is 6. The Labute approximate surface area is 751 Å². The number of hydrogen-bond acceptors (Lipinski definition) is 12. The van der Waals surface area contributed by atoms with E-state index in [0.29, 0.717) is 148 Å². The number of hydrogen-bond donors (Lipinski definition) is 0. The van der Waals surface area contributed by atoms with Crippen molar-refractivity contribution < 1.29 is 66.3 Å². The summed E-state index contributed by atoms with van der Waals surface area (Å²) in [6, 6.07) is 83.1. The summed E-state index contributed by atoms with van der Waals surface area (Å²) in [6.45, 7) is 15.3. The van der Waals surface area contributed by atoms with Crippen molar-refractivity contribution in [1.82, 2.24) is 0 Å². The molecule has 16 heteroatoms. The van der Waals surface area contributed by atoms with Gasteiger partial charge in [-0.25, -0.2) is 8.78 Å². The number of halogens is 4. The van der Waals surface area contributed by atoms with Crippen LogP contribution in [0.1, 0.15) is 219 Å². The Hall–Kier alpha value is -14.4. The van der Waals surface area contributed by atoms with Crippen LogP contribution in [0.4, 0.5) is 8.78 Å². The van der Waals surface area contributed by atoms with Gasteiger partial charge in [-0.3, -0.25) is 57.5 Å². The fourth-order valence-electron chi connectivity index (χ4n) is 15.5. The predicted molar refractivity (Wildman–Crippen MR) is 497 cm³/mol. The quantitative estimate of drug-likeness (QED) is 0.106. The minimum Gasteiger partial charge on any atom is -0.289 e. The molecule has 6 aliphatic rings. The lowest BCUT2D eigenvalue weighted by molar-refractivity contribution is 0.0173. The molecule has 128 heavy (non-hydrogen) atoms. The van der Waals surface area contributed by atoms with Crippen molar-refractivity contribution in [3.05, 3.63) is 493 Å². The average molecular weight is 1730 g/mol. The Morgan fingerprint density at radius 1 is 0.234 bits per heavy atom. The lowest BCUT2D eigenvalue weighted by Crippen LogP contribution is -2.18. The van der Waals surface area contributed by atoms with Crippen LogP contribution >= 0.6 is 23.2 Å². The van der Waals surface area contributed by atoms with E-state index in [0.717, 1.165) is 51.4 Å². The van der Waals surface area contributed by atoms with Crippen molar-refractivity contribution >= 4 is 92.6 Å². The Morgan fingerprint density at radius 3 is 0.820 bits per heavy atom. The van der Waals surface area contributed by atoms with E-state index in [1.54, 1.807) is 152 Å². The SMILES string of the molecule is CC(C)(C)c1ccc(CC2=CC(=O)c3ccccc3C2=O)cc1.CC(F)(F)c1cccc(CC2=CC(=O)c3ccccc3C2=O)c1.Cc1ccc(CC2=CC(=O)c3ccccc3C2=O)c(Cl)c1.Cc1ccc(CC2=CC(=O)c3ccccc3C2=O)cc1.Cc1ccc(CC2=CC(=O)c3ccccc3C2=O)cc1Cl.Cc1cccc(CC2=CC(=O)c3ccccc3C2=O)c1. The third kappa shape index (κ3) is 21.9. The molecule has 0 fully saturated rings. The molecule has 0 atom stereocenters. The van der Waals surface area contributed by atoms with Gasteiger partial charge in [-0.1, -0.05) is 316 Å². The third-order valence-electron chi connectivity index (χ3n) is 22.5. The zero-order valence-electron chi connectivity index (χ0n) is 71.7. The molecule has 0 amide bonds. The molecule has 636 valence electrons. The van der Waals surface area contributed by atoms with Gasteiger partial charge >= 0.3 is 0 Å². The van der Waals surface area contributed by atoms with Crippen LogP contribution in [-0.4, -0.2) is 69.4 Å². The molecule has 0 saturated carbocycles. The highest BCUT2D eigenvalue weighted by Gasteiger charge is 2.33. The summed E-state index contributed by atoms with van der Waals surface area (Å²) in [5, 5.41) is 1.29. The van der Waals surface area contributed by atoms with Gasteiger partial charge in [0.15, 0.2) is 69.4 Å². The van der Waals surface area contributed by atoms with Crippen LogP contribution in [0.2, 0.25) is 10.0 Å². The maximum absolute atomic E-state index is 13.4. The summed E-state index contributed by atoms with van der Waals surface area (Å²) in [7, 11) is 0. The zero-order chi connectivity index (χ0) is 91.4. The van der Waals surface area contributed by atoms with E-state index >= 15 is 0 Å². The summed E-state index contributed by atoms with van der Waals surface area (Å²) in [4.78, 5) is 147. The van der Waals surface area contributed by atoms with Crippen LogP contribution in [0.5, 0.6) is 0 Å². The number of ketones is 12. The van der Waals surface area contributed by atoms with Crippen molar-refractivity contribution in [2.75, 3.05) is 0 Å².